The van der Waals surface area contributed by atoms with Gasteiger partial charge in [-0.2, -0.15) is 0 Å². The Bertz CT molecular complexity index is 505. The molecule has 0 aliphatic heterocycles. The molecule has 21 heavy (non-hydrogen) atoms. The van der Waals surface area contributed by atoms with Crippen molar-refractivity contribution in [3.63, 3.8) is 0 Å². The van der Waals surface area contributed by atoms with E-state index in [1.54, 1.807) is 17.0 Å². The fourth-order valence-electron chi connectivity index (χ4n) is 1.88. The predicted molar refractivity (Wildman–Crippen MR) is 84.3 cm³/mol. The number of benzene rings is 1. The van der Waals surface area contributed by atoms with E-state index in [-0.39, 0.29) is 17.4 Å². The lowest BCUT2D eigenvalue weighted by Gasteiger charge is -2.20. The molecule has 0 heterocycles. The summed E-state index contributed by atoms with van der Waals surface area (Å²) in [4.78, 5) is 25.4. The minimum absolute atomic E-state index is 0.0194. The predicted octanol–water partition coefficient (Wildman–Crippen LogP) is 3.77. The molecule has 0 aromatic heterocycles. The molecule has 0 unspecified atom stereocenters. The summed E-state index contributed by atoms with van der Waals surface area (Å²) in [6.45, 7) is 6.85. The lowest BCUT2D eigenvalue weighted by atomic mass is 10.1. The van der Waals surface area contributed by atoms with Gasteiger partial charge in [0.25, 0.3) is 0 Å². The molecule has 0 spiro atoms. The van der Waals surface area contributed by atoms with Crippen molar-refractivity contribution in [2.45, 2.75) is 38.5 Å². The Morgan fingerprint density at radius 3 is 2.52 bits per heavy atom. The van der Waals surface area contributed by atoms with Crippen LogP contribution in [0.1, 0.15) is 44.0 Å². The van der Waals surface area contributed by atoms with Crippen molar-refractivity contribution in [3.05, 3.63) is 29.6 Å². The number of nitrogens with zero attached hydrogens (tertiary/aromatic N) is 1. The second-order valence-electron chi connectivity index (χ2n) is 4.82. The number of carbonyl (C=O) groups is 2. The number of ketones is 1. The third kappa shape index (κ3) is 5.50. The fraction of sp³-hybridized carbons (Fsp3) is 0.500. The highest BCUT2D eigenvalue weighted by Gasteiger charge is 2.13. The fourth-order valence-corrected chi connectivity index (χ4v) is 2.70. The van der Waals surface area contributed by atoms with Gasteiger partial charge in [-0.15, -0.1) is 11.8 Å². The molecule has 1 aromatic carbocycles. The van der Waals surface area contributed by atoms with Crippen LogP contribution in [-0.4, -0.2) is 35.4 Å². The summed E-state index contributed by atoms with van der Waals surface area (Å²) in [7, 11) is 0. The molecule has 5 heteroatoms. The van der Waals surface area contributed by atoms with Gasteiger partial charge in [0.2, 0.25) is 5.91 Å². The molecule has 0 saturated carbocycles. The topological polar surface area (TPSA) is 37.4 Å². The average Bonchev–Trinajstić information content (AvgIpc) is 2.46. The first-order chi connectivity index (χ1) is 9.99. The molecule has 1 aromatic rings. The summed E-state index contributed by atoms with van der Waals surface area (Å²) in [5.41, 5.74) is 0.348. The Morgan fingerprint density at radius 2 is 2.00 bits per heavy atom. The number of rotatable bonds is 8. The smallest absolute Gasteiger partial charge is 0.232 e. The summed E-state index contributed by atoms with van der Waals surface area (Å²) in [6, 6.07) is 4.38. The SMILES string of the molecule is CCCCN(CC)C(=O)CSc1ccc(C(C)=O)cc1F. The molecule has 0 aliphatic rings. The number of hydrogen-bond donors (Lipinski definition) is 0. The lowest BCUT2D eigenvalue weighted by molar-refractivity contribution is -0.128. The molecule has 0 fully saturated rings. The molecule has 3 nitrogen and oxygen atoms in total. The Kier molecular flexibility index (Phi) is 7.43. The van der Waals surface area contributed by atoms with Gasteiger partial charge in [-0.1, -0.05) is 19.4 Å². The van der Waals surface area contributed by atoms with Gasteiger partial charge in [-0.25, -0.2) is 4.39 Å². The second kappa shape index (κ2) is 8.82. The summed E-state index contributed by atoms with van der Waals surface area (Å²) < 4.78 is 13.8. The first-order valence-corrected chi connectivity index (χ1v) is 8.19. The Hall–Kier alpha value is -1.36. The third-order valence-corrected chi connectivity index (χ3v) is 4.24. The largest absolute Gasteiger partial charge is 0.342 e. The van der Waals surface area contributed by atoms with Crippen LogP contribution < -0.4 is 0 Å². The minimum atomic E-state index is -0.447. The number of halogens is 1. The normalized spacial score (nSPS) is 10.5. The summed E-state index contributed by atoms with van der Waals surface area (Å²) in [5, 5.41) is 0. The quantitative estimate of drug-likeness (QED) is 0.542. The third-order valence-electron chi connectivity index (χ3n) is 3.21. The molecule has 0 bridgehead atoms. The lowest BCUT2D eigenvalue weighted by Crippen LogP contribution is -2.33. The monoisotopic (exact) mass is 311 g/mol. The van der Waals surface area contributed by atoms with Crippen molar-refractivity contribution in [2.75, 3.05) is 18.8 Å². The van der Waals surface area contributed by atoms with E-state index in [9.17, 15) is 14.0 Å². The summed E-state index contributed by atoms with van der Waals surface area (Å²) >= 11 is 1.18. The molecule has 1 rings (SSSR count). The maximum atomic E-state index is 13.8. The number of hydrogen-bond acceptors (Lipinski definition) is 3. The number of amides is 1. The van der Waals surface area contributed by atoms with Crippen LogP contribution in [0.5, 0.6) is 0 Å². The van der Waals surface area contributed by atoms with Gasteiger partial charge in [-0.3, -0.25) is 9.59 Å². The van der Waals surface area contributed by atoms with Crippen LogP contribution in [0.2, 0.25) is 0 Å². The van der Waals surface area contributed by atoms with Gasteiger partial charge in [0, 0.05) is 23.5 Å². The zero-order valence-electron chi connectivity index (χ0n) is 12.8. The van der Waals surface area contributed by atoms with E-state index < -0.39 is 5.82 Å². The maximum absolute atomic E-state index is 13.8. The van der Waals surface area contributed by atoms with Crippen LogP contribution in [0.4, 0.5) is 4.39 Å². The van der Waals surface area contributed by atoms with E-state index in [2.05, 4.69) is 6.92 Å². The molecule has 0 atom stereocenters. The maximum Gasteiger partial charge on any atom is 0.232 e. The standard InChI is InChI=1S/C16H22FNO2S/c1-4-6-9-18(5-2)16(20)11-21-15-8-7-13(12(3)19)10-14(15)17/h7-8,10H,4-6,9,11H2,1-3H3. The minimum Gasteiger partial charge on any atom is -0.342 e. The number of Topliss-reactive ketones (excluding diaryl/α,β-unsaturated/α-hetero) is 1. The number of unbranched alkanes of at least 4 members (excludes halogenated alkanes) is 1. The van der Waals surface area contributed by atoms with Gasteiger partial charge >= 0.3 is 0 Å². The second-order valence-corrected chi connectivity index (χ2v) is 5.83. The van der Waals surface area contributed by atoms with E-state index in [4.69, 9.17) is 0 Å². The number of thioether (sulfide) groups is 1. The van der Waals surface area contributed by atoms with Crippen LogP contribution in [0.15, 0.2) is 23.1 Å². The molecule has 1 amide bonds. The molecule has 0 radical (unpaired) electrons. The van der Waals surface area contributed by atoms with E-state index >= 15 is 0 Å². The van der Waals surface area contributed by atoms with Gasteiger partial charge < -0.3 is 4.90 Å². The van der Waals surface area contributed by atoms with E-state index in [0.717, 1.165) is 19.4 Å². The molecule has 0 aliphatic carbocycles. The van der Waals surface area contributed by atoms with Crippen molar-refractivity contribution in [3.8, 4) is 0 Å². The highest BCUT2D eigenvalue weighted by Crippen LogP contribution is 2.23. The zero-order valence-corrected chi connectivity index (χ0v) is 13.6. The molecular formula is C16H22FNO2S. The molecular weight excluding hydrogens is 289 g/mol. The van der Waals surface area contributed by atoms with Crippen LogP contribution in [-0.2, 0) is 4.79 Å². The van der Waals surface area contributed by atoms with E-state index in [1.807, 2.05) is 6.92 Å². The molecule has 116 valence electrons. The average molecular weight is 311 g/mol. The van der Waals surface area contributed by atoms with Crippen molar-refractivity contribution in [2.24, 2.45) is 0 Å². The van der Waals surface area contributed by atoms with Crippen molar-refractivity contribution in [1.29, 1.82) is 0 Å². The van der Waals surface area contributed by atoms with Gasteiger partial charge in [0.1, 0.15) is 5.82 Å². The Balaban J connectivity index is 2.62. The first kappa shape index (κ1) is 17.7. The van der Waals surface area contributed by atoms with Crippen molar-refractivity contribution < 1.29 is 14.0 Å². The number of carbonyl (C=O) groups excluding carboxylic acids is 2. The van der Waals surface area contributed by atoms with Crippen molar-refractivity contribution in [1.82, 2.24) is 4.90 Å². The van der Waals surface area contributed by atoms with Crippen LogP contribution in [0.25, 0.3) is 0 Å². The van der Waals surface area contributed by atoms with E-state index in [0.29, 0.717) is 17.0 Å². The van der Waals surface area contributed by atoms with Crippen molar-refractivity contribution >= 4 is 23.5 Å². The van der Waals surface area contributed by atoms with Gasteiger partial charge in [0.15, 0.2) is 5.78 Å². The van der Waals surface area contributed by atoms with Crippen LogP contribution >= 0.6 is 11.8 Å². The van der Waals surface area contributed by atoms with E-state index in [1.165, 1.54) is 24.8 Å². The summed E-state index contributed by atoms with van der Waals surface area (Å²) in [5.74, 6) is -0.380. The molecule has 0 saturated heterocycles. The highest BCUT2D eigenvalue weighted by molar-refractivity contribution is 8.00. The summed E-state index contributed by atoms with van der Waals surface area (Å²) in [6.07, 6.45) is 2.02. The molecule has 0 N–H and O–H groups in total. The first-order valence-electron chi connectivity index (χ1n) is 7.20. The van der Waals surface area contributed by atoms with Crippen LogP contribution in [0, 0.1) is 5.82 Å². The zero-order chi connectivity index (χ0) is 15.8. The van der Waals surface area contributed by atoms with Crippen LogP contribution in [0.3, 0.4) is 0 Å². The van der Waals surface area contributed by atoms with Gasteiger partial charge in [-0.05, 0) is 32.4 Å². The van der Waals surface area contributed by atoms with Gasteiger partial charge in [0.05, 0.1) is 5.75 Å². The Morgan fingerprint density at radius 1 is 1.29 bits per heavy atom. The Labute approximate surface area is 129 Å². The highest BCUT2D eigenvalue weighted by atomic mass is 32.2.